The van der Waals surface area contributed by atoms with Crippen molar-refractivity contribution in [3.63, 3.8) is 0 Å². The summed E-state index contributed by atoms with van der Waals surface area (Å²) < 4.78 is 16.1. The second kappa shape index (κ2) is 4.23. The summed E-state index contributed by atoms with van der Waals surface area (Å²) in [6, 6.07) is 3.81. The van der Waals surface area contributed by atoms with Gasteiger partial charge in [0.2, 0.25) is 6.79 Å². The van der Waals surface area contributed by atoms with Gasteiger partial charge >= 0.3 is 0 Å². The number of benzene rings is 1. The van der Waals surface area contributed by atoms with E-state index in [9.17, 15) is 0 Å². The van der Waals surface area contributed by atoms with Gasteiger partial charge in [0.25, 0.3) is 0 Å². The highest BCUT2D eigenvalue weighted by Gasteiger charge is 2.23. The first kappa shape index (κ1) is 10.9. The Kier molecular flexibility index (Phi) is 2.56. The molecule has 0 unspecified atom stereocenters. The number of rotatable bonds is 3. The van der Waals surface area contributed by atoms with E-state index >= 15 is 0 Å². The number of nitrogens with two attached hydrogens (primary N) is 1. The average Bonchev–Trinajstić information content (AvgIpc) is 2.98. The molecular weight excluding hydrogens is 234 g/mol. The van der Waals surface area contributed by atoms with Crippen molar-refractivity contribution in [2.75, 3.05) is 19.6 Å². The highest BCUT2D eigenvalue weighted by Crippen LogP contribution is 2.44. The van der Waals surface area contributed by atoms with Gasteiger partial charge in [-0.15, -0.1) is 0 Å². The fourth-order valence-corrected chi connectivity index (χ4v) is 2.08. The van der Waals surface area contributed by atoms with Crippen molar-refractivity contribution < 1.29 is 14.2 Å². The molecule has 1 aromatic carbocycles. The quantitative estimate of drug-likeness (QED) is 0.859. The lowest BCUT2D eigenvalue weighted by Crippen LogP contribution is -1.97. The number of hydrogen-bond donors (Lipinski definition) is 2. The van der Waals surface area contributed by atoms with E-state index in [1.54, 1.807) is 13.3 Å². The van der Waals surface area contributed by atoms with Crippen LogP contribution in [0, 0.1) is 0 Å². The first-order chi connectivity index (χ1) is 8.81. The molecule has 0 aliphatic carbocycles. The summed E-state index contributed by atoms with van der Waals surface area (Å²) in [5.74, 6) is 1.90. The predicted octanol–water partition coefficient (Wildman–Crippen LogP) is 1.53. The van der Waals surface area contributed by atoms with Crippen LogP contribution in [0.25, 0.3) is 11.1 Å². The van der Waals surface area contributed by atoms with E-state index in [1.165, 1.54) is 0 Å². The van der Waals surface area contributed by atoms with Gasteiger partial charge in [-0.05, 0) is 11.6 Å². The molecule has 0 radical (unpaired) electrons. The Morgan fingerprint density at radius 2 is 2.33 bits per heavy atom. The lowest BCUT2D eigenvalue weighted by molar-refractivity contribution is 0.173. The number of aromatic nitrogens is 2. The van der Waals surface area contributed by atoms with Crippen LogP contribution >= 0.6 is 0 Å². The van der Waals surface area contributed by atoms with Crippen LogP contribution in [-0.4, -0.2) is 24.1 Å². The Bertz CT molecular complexity index is 580. The Hall–Kier alpha value is -2.21. The summed E-state index contributed by atoms with van der Waals surface area (Å²) in [5, 5.41) is 6.66. The molecule has 0 spiro atoms. The minimum absolute atomic E-state index is 0.219. The topological polar surface area (TPSA) is 82.4 Å². The molecular formula is C12H13N3O3. The minimum atomic E-state index is 0.219. The van der Waals surface area contributed by atoms with Gasteiger partial charge < -0.3 is 19.9 Å². The third-order valence-corrected chi connectivity index (χ3v) is 2.86. The van der Waals surface area contributed by atoms with E-state index < -0.39 is 0 Å². The van der Waals surface area contributed by atoms with Gasteiger partial charge in [0.05, 0.1) is 12.8 Å². The largest absolute Gasteiger partial charge is 0.454 e. The summed E-state index contributed by atoms with van der Waals surface area (Å²) in [6.07, 6.45) is 1.67. The number of hydrogen-bond acceptors (Lipinski definition) is 5. The SMILES string of the molecule is COCc1ccc2c(c1-c1cn[nH]c1N)OCO2. The standard InChI is InChI=1S/C12H13N3O3/c1-16-5-7-2-3-9-11(18-6-17-9)10(7)8-4-14-15-12(8)13/h2-4H,5-6H2,1H3,(H3,13,14,15). The van der Waals surface area contributed by atoms with E-state index in [0.29, 0.717) is 23.9 Å². The maximum absolute atomic E-state index is 5.88. The first-order valence-electron chi connectivity index (χ1n) is 5.51. The van der Waals surface area contributed by atoms with Crippen LogP contribution in [0.3, 0.4) is 0 Å². The highest BCUT2D eigenvalue weighted by atomic mass is 16.7. The number of fused-ring (bicyclic) bond motifs is 1. The number of nitrogens with zero attached hydrogens (tertiary/aromatic N) is 1. The number of aromatic amines is 1. The Morgan fingerprint density at radius 3 is 3.06 bits per heavy atom. The Labute approximate surface area is 104 Å². The van der Waals surface area contributed by atoms with Gasteiger partial charge in [0, 0.05) is 18.2 Å². The van der Waals surface area contributed by atoms with Crippen molar-refractivity contribution in [1.82, 2.24) is 10.2 Å². The summed E-state index contributed by atoms with van der Waals surface area (Å²) in [5.41, 5.74) is 8.53. The van der Waals surface area contributed by atoms with Gasteiger partial charge in [-0.1, -0.05) is 6.07 Å². The second-order valence-electron chi connectivity index (χ2n) is 3.96. The fourth-order valence-electron chi connectivity index (χ4n) is 2.08. The lowest BCUT2D eigenvalue weighted by Gasteiger charge is -2.11. The molecule has 18 heavy (non-hydrogen) atoms. The summed E-state index contributed by atoms with van der Waals surface area (Å²) in [4.78, 5) is 0. The highest BCUT2D eigenvalue weighted by molar-refractivity contribution is 5.83. The zero-order valence-electron chi connectivity index (χ0n) is 9.90. The van der Waals surface area contributed by atoms with Crippen molar-refractivity contribution in [3.05, 3.63) is 23.9 Å². The molecule has 0 fully saturated rings. The average molecular weight is 247 g/mol. The van der Waals surface area contributed by atoms with Crippen LogP contribution in [0.2, 0.25) is 0 Å². The van der Waals surface area contributed by atoms with Crippen LogP contribution in [-0.2, 0) is 11.3 Å². The molecule has 2 heterocycles. The van der Waals surface area contributed by atoms with Gasteiger partial charge in [0.1, 0.15) is 5.82 Å². The summed E-state index contributed by atoms with van der Waals surface area (Å²) >= 11 is 0. The van der Waals surface area contributed by atoms with E-state index in [0.717, 1.165) is 16.7 Å². The zero-order chi connectivity index (χ0) is 12.5. The number of methoxy groups -OCH3 is 1. The maximum Gasteiger partial charge on any atom is 0.231 e. The molecule has 3 rings (SSSR count). The normalized spacial score (nSPS) is 12.9. The smallest absolute Gasteiger partial charge is 0.231 e. The molecule has 6 heteroatoms. The van der Waals surface area contributed by atoms with Gasteiger partial charge in [-0.3, -0.25) is 5.10 Å². The van der Waals surface area contributed by atoms with E-state index in [1.807, 2.05) is 12.1 Å². The van der Waals surface area contributed by atoms with E-state index in [4.69, 9.17) is 19.9 Å². The molecule has 2 aromatic rings. The van der Waals surface area contributed by atoms with Crippen molar-refractivity contribution in [2.45, 2.75) is 6.61 Å². The molecule has 1 aromatic heterocycles. The van der Waals surface area contributed by atoms with Gasteiger partial charge in [0.15, 0.2) is 11.5 Å². The van der Waals surface area contributed by atoms with Crippen LogP contribution in [0.4, 0.5) is 5.82 Å². The van der Waals surface area contributed by atoms with E-state index in [-0.39, 0.29) is 6.79 Å². The van der Waals surface area contributed by atoms with Crippen LogP contribution in [0.15, 0.2) is 18.3 Å². The molecule has 0 amide bonds. The molecule has 6 nitrogen and oxygen atoms in total. The molecule has 3 N–H and O–H groups in total. The molecule has 0 saturated carbocycles. The molecule has 0 bridgehead atoms. The predicted molar refractivity (Wildman–Crippen MR) is 65.3 cm³/mol. The van der Waals surface area contributed by atoms with Crippen molar-refractivity contribution in [1.29, 1.82) is 0 Å². The molecule has 0 saturated heterocycles. The Balaban J connectivity index is 2.21. The van der Waals surface area contributed by atoms with Crippen LogP contribution in [0.5, 0.6) is 11.5 Å². The summed E-state index contributed by atoms with van der Waals surface area (Å²) in [7, 11) is 1.65. The Morgan fingerprint density at radius 1 is 1.44 bits per heavy atom. The van der Waals surface area contributed by atoms with Crippen molar-refractivity contribution >= 4 is 5.82 Å². The maximum atomic E-state index is 5.88. The lowest BCUT2D eigenvalue weighted by atomic mass is 10.0. The number of ether oxygens (including phenoxy) is 3. The second-order valence-corrected chi connectivity index (χ2v) is 3.96. The minimum Gasteiger partial charge on any atom is -0.454 e. The zero-order valence-corrected chi connectivity index (χ0v) is 9.90. The number of nitrogen functional groups attached to an aromatic ring is 1. The number of H-pyrrole nitrogens is 1. The first-order valence-corrected chi connectivity index (χ1v) is 5.51. The monoisotopic (exact) mass is 247 g/mol. The van der Waals surface area contributed by atoms with Crippen molar-refractivity contribution in [3.8, 4) is 22.6 Å². The van der Waals surface area contributed by atoms with Gasteiger partial charge in [-0.2, -0.15) is 5.10 Å². The third-order valence-electron chi connectivity index (χ3n) is 2.86. The van der Waals surface area contributed by atoms with Crippen LogP contribution < -0.4 is 15.2 Å². The fraction of sp³-hybridized carbons (Fsp3) is 0.250. The van der Waals surface area contributed by atoms with Crippen molar-refractivity contribution in [2.24, 2.45) is 0 Å². The third kappa shape index (κ3) is 1.58. The molecule has 1 aliphatic heterocycles. The summed E-state index contributed by atoms with van der Waals surface area (Å²) in [6.45, 7) is 0.688. The number of anilines is 1. The number of nitrogens with one attached hydrogen (secondary N) is 1. The molecule has 0 atom stereocenters. The van der Waals surface area contributed by atoms with Gasteiger partial charge in [-0.25, -0.2) is 0 Å². The van der Waals surface area contributed by atoms with E-state index in [2.05, 4.69) is 10.2 Å². The molecule has 1 aliphatic rings. The van der Waals surface area contributed by atoms with Crippen LogP contribution in [0.1, 0.15) is 5.56 Å². The molecule has 94 valence electrons.